The molecule has 0 fully saturated rings. The summed E-state index contributed by atoms with van der Waals surface area (Å²) >= 11 is 0. The van der Waals surface area contributed by atoms with Gasteiger partial charge in [0, 0.05) is 30.6 Å². The summed E-state index contributed by atoms with van der Waals surface area (Å²) in [5.74, 6) is 0.0893. The standard InChI is InChI=1S/C20H41NO3/c1-18(2,3)11-9-13-23-15-20(7,8)16-24-14-10-12-21-17(22)19(4,5)6/h9-16H2,1-8H3,(H,21,22). The van der Waals surface area contributed by atoms with Crippen LogP contribution < -0.4 is 5.32 Å². The maximum Gasteiger partial charge on any atom is 0.225 e. The number of carbonyl (C=O) groups is 1. The molecular formula is C20H41NO3. The number of rotatable bonds is 11. The smallest absolute Gasteiger partial charge is 0.225 e. The minimum Gasteiger partial charge on any atom is -0.381 e. The number of nitrogens with one attached hydrogen (secondary N) is 1. The first kappa shape index (κ1) is 23.4. The molecule has 0 aliphatic heterocycles. The maximum atomic E-state index is 11.7. The van der Waals surface area contributed by atoms with Crippen LogP contribution in [0.3, 0.4) is 0 Å². The molecule has 144 valence electrons. The van der Waals surface area contributed by atoms with Gasteiger partial charge in [0.25, 0.3) is 0 Å². The highest BCUT2D eigenvalue weighted by molar-refractivity contribution is 5.81. The van der Waals surface area contributed by atoms with Crippen molar-refractivity contribution >= 4 is 5.91 Å². The second-order valence-electron chi connectivity index (χ2n) is 9.79. The lowest BCUT2D eigenvalue weighted by molar-refractivity contribution is -0.128. The van der Waals surface area contributed by atoms with E-state index in [9.17, 15) is 4.79 Å². The van der Waals surface area contributed by atoms with E-state index in [1.807, 2.05) is 20.8 Å². The van der Waals surface area contributed by atoms with Crippen molar-refractivity contribution in [2.24, 2.45) is 16.2 Å². The highest BCUT2D eigenvalue weighted by Crippen LogP contribution is 2.21. The molecule has 0 spiro atoms. The van der Waals surface area contributed by atoms with Gasteiger partial charge in [-0.05, 0) is 24.7 Å². The molecule has 0 heterocycles. The van der Waals surface area contributed by atoms with Gasteiger partial charge in [0.2, 0.25) is 5.91 Å². The topological polar surface area (TPSA) is 47.6 Å². The molecule has 0 aliphatic carbocycles. The van der Waals surface area contributed by atoms with Gasteiger partial charge in [-0.15, -0.1) is 0 Å². The lowest BCUT2D eigenvalue weighted by atomic mass is 9.91. The molecule has 0 aromatic heterocycles. The highest BCUT2D eigenvalue weighted by atomic mass is 16.5. The summed E-state index contributed by atoms with van der Waals surface area (Å²) < 4.78 is 11.5. The molecule has 0 saturated heterocycles. The Balaban J connectivity index is 3.65. The largest absolute Gasteiger partial charge is 0.381 e. The van der Waals surface area contributed by atoms with Crippen molar-refractivity contribution in [3.05, 3.63) is 0 Å². The molecule has 0 saturated carbocycles. The molecule has 1 amide bonds. The van der Waals surface area contributed by atoms with Crippen molar-refractivity contribution in [3.8, 4) is 0 Å². The zero-order valence-electron chi connectivity index (χ0n) is 17.4. The van der Waals surface area contributed by atoms with Crippen molar-refractivity contribution in [2.45, 2.75) is 74.7 Å². The van der Waals surface area contributed by atoms with E-state index in [0.29, 0.717) is 25.2 Å². The first-order chi connectivity index (χ1) is 10.8. The molecule has 0 aliphatic rings. The maximum absolute atomic E-state index is 11.7. The molecule has 0 radical (unpaired) electrons. The Hall–Kier alpha value is -0.610. The molecule has 0 aromatic carbocycles. The summed E-state index contributed by atoms with van der Waals surface area (Å²) in [5, 5.41) is 2.94. The Morgan fingerprint density at radius 1 is 0.833 bits per heavy atom. The molecular weight excluding hydrogens is 302 g/mol. The Morgan fingerprint density at radius 2 is 1.33 bits per heavy atom. The van der Waals surface area contributed by atoms with E-state index in [0.717, 1.165) is 26.1 Å². The van der Waals surface area contributed by atoms with Crippen molar-refractivity contribution < 1.29 is 14.3 Å². The Bertz CT molecular complexity index is 351. The van der Waals surface area contributed by atoms with Gasteiger partial charge < -0.3 is 14.8 Å². The van der Waals surface area contributed by atoms with Crippen molar-refractivity contribution in [3.63, 3.8) is 0 Å². The van der Waals surface area contributed by atoms with Crippen LogP contribution in [0.15, 0.2) is 0 Å². The van der Waals surface area contributed by atoms with E-state index in [4.69, 9.17) is 9.47 Å². The van der Waals surface area contributed by atoms with E-state index < -0.39 is 0 Å². The second kappa shape index (κ2) is 10.4. The Labute approximate surface area is 150 Å². The minimum atomic E-state index is -0.326. The van der Waals surface area contributed by atoms with Gasteiger partial charge in [-0.2, -0.15) is 0 Å². The van der Waals surface area contributed by atoms with E-state index >= 15 is 0 Å². The van der Waals surface area contributed by atoms with Gasteiger partial charge >= 0.3 is 0 Å². The zero-order valence-corrected chi connectivity index (χ0v) is 17.4. The normalized spacial score (nSPS) is 13.2. The van der Waals surface area contributed by atoms with Crippen LogP contribution in [-0.4, -0.2) is 38.9 Å². The third-order valence-electron chi connectivity index (χ3n) is 3.63. The van der Waals surface area contributed by atoms with Crippen molar-refractivity contribution in [2.75, 3.05) is 33.0 Å². The molecule has 24 heavy (non-hydrogen) atoms. The SMILES string of the molecule is CC(C)(C)CCCOCC(C)(C)COCCCNC(=O)C(C)(C)C. The Morgan fingerprint density at radius 3 is 1.79 bits per heavy atom. The van der Waals surface area contributed by atoms with E-state index in [2.05, 4.69) is 39.9 Å². The molecule has 0 rings (SSSR count). The van der Waals surface area contributed by atoms with E-state index in [-0.39, 0.29) is 16.7 Å². The highest BCUT2D eigenvalue weighted by Gasteiger charge is 2.21. The molecule has 4 nitrogen and oxygen atoms in total. The minimum absolute atomic E-state index is 0.0242. The van der Waals surface area contributed by atoms with Crippen LogP contribution in [0.2, 0.25) is 0 Å². The van der Waals surface area contributed by atoms with Crippen LogP contribution in [0.25, 0.3) is 0 Å². The van der Waals surface area contributed by atoms with E-state index in [1.54, 1.807) is 0 Å². The van der Waals surface area contributed by atoms with Gasteiger partial charge in [-0.25, -0.2) is 0 Å². The summed E-state index contributed by atoms with van der Waals surface area (Å²) in [6, 6.07) is 0. The molecule has 0 bridgehead atoms. The van der Waals surface area contributed by atoms with Crippen LogP contribution in [0.5, 0.6) is 0 Å². The molecule has 0 aromatic rings. The van der Waals surface area contributed by atoms with Crippen LogP contribution in [0, 0.1) is 16.2 Å². The predicted octanol–water partition coefficient (Wildman–Crippen LogP) is 4.42. The number of hydrogen-bond donors (Lipinski definition) is 1. The molecule has 4 heteroatoms. The fourth-order valence-corrected chi connectivity index (χ4v) is 2.08. The predicted molar refractivity (Wildman–Crippen MR) is 101 cm³/mol. The number of amides is 1. The van der Waals surface area contributed by atoms with Gasteiger partial charge in [0.1, 0.15) is 0 Å². The molecule has 1 N–H and O–H groups in total. The summed E-state index contributed by atoms with van der Waals surface area (Å²) in [5.41, 5.74) is 0.0773. The van der Waals surface area contributed by atoms with Crippen molar-refractivity contribution in [1.29, 1.82) is 0 Å². The second-order valence-corrected chi connectivity index (χ2v) is 9.79. The van der Waals surface area contributed by atoms with Gasteiger partial charge in [0.05, 0.1) is 13.2 Å². The summed E-state index contributed by atoms with van der Waals surface area (Å²) in [6.45, 7) is 20.4. The molecule has 0 unspecified atom stereocenters. The van der Waals surface area contributed by atoms with Crippen LogP contribution in [0.1, 0.15) is 74.7 Å². The Kier molecular flexibility index (Phi) is 10.1. The monoisotopic (exact) mass is 343 g/mol. The fourth-order valence-electron chi connectivity index (χ4n) is 2.08. The fraction of sp³-hybridized carbons (Fsp3) is 0.950. The summed E-state index contributed by atoms with van der Waals surface area (Å²) in [7, 11) is 0. The zero-order chi connectivity index (χ0) is 18.9. The van der Waals surface area contributed by atoms with Crippen LogP contribution in [-0.2, 0) is 14.3 Å². The lowest BCUT2D eigenvalue weighted by Crippen LogP contribution is -2.35. The summed E-state index contributed by atoms with van der Waals surface area (Å²) in [4.78, 5) is 11.7. The average molecular weight is 344 g/mol. The van der Waals surface area contributed by atoms with Crippen LogP contribution >= 0.6 is 0 Å². The quantitative estimate of drug-likeness (QED) is 0.565. The number of carbonyl (C=O) groups excluding carboxylic acids is 1. The lowest BCUT2D eigenvalue weighted by Gasteiger charge is -2.25. The van der Waals surface area contributed by atoms with Gasteiger partial charge in [-0.3, -0.25) is 4.79 Å². The number of hydrogen-bond acceptors (Lipinski definition) is 3. The first-order valence-electron chi connectivity index (χ1n) is 9.27. The molecule has 0 atom stereocenters. The van der Waals surface area contributed by atoms with E-state index in [1.165, 1.54) is 6.42 Å². The van der Waals surface area contributed by atoms with Crippen molar-refractivity contribution in [1.82, 2.24) is 5.32 Å². The number of ether oxygens (including phenoxy) is 2. The summed E-state index contributed by atoms with van der Waals surface area (Å²) in [6.07, 6.45) is 3.13. The third-order valence-corrected chi connectivity index (χ3v) is 3.63. The van der Waals surface area contributed by atoms with Gasteiger partial charge in [-0.1, -0.05) is 55.4 Å². The van der Waals surface area contributed by atoms with Crippen LogP contribution in [0.4, 0.5) is 0 Å². The third kappa shape index (κ3) is 13.8. The first-order valence-corrected chi connectivity index (χ1v) is 9.27. The average Bonchev–Trinajstić information content (AvgIpc) is 2.39. The van der Waals surface area contributed by atoms with Gasteiger partial charge in [0.15, 0.2) is 0 Å².